The van der Waals surface area contributed by atoms with Crippen molar-refractivity contribution in [2.24, 2.45) is 0 Å². The molecule has 0 aliphatic heterocycles. The van der Waals surface area contributed by atoms with Gasteiger partial charge in [0.25, 0.3) is 0 Å². The van der Waals surface area contributed by atoms with E-state index in [-0.39, 0.29) is 17.3 Å². The first-order valence-electron chi connectivity index (χ1n) is 10.8. The number of imidazole rings is 1. The first kappa shape index (κ1) is 23.1. The van der Waals surface area contributed by atoms with E-state index in [0.29, 0.717) is 11.9 Å². The van der Waals surface area contributed by atoms with E-state index in [9.17, 15) is 13.2 Å². The lowest BCUT2D eigenvalue weighted by atomic mass is 10.1. The van der Waals surface area contributed by atoms with Crippen LogP contribution in [0.2, 0.25) is 0 Å². The molecule has 0 atom stereocenters. The first-order chi connectivity index (χ1) is 16.0. The number of nitrogens with one attached hydrogen (secondary N) is 3. The number of hydrogen-bond acceptors (Lipinski definition) is 7. The lowest BCUT2D eigenvalue weighted by Crippen LogP contribution is -2.37. The second-order valence-corrected chi connectivity index (χ2v) is 10.0. The average Bonchev–Trinajstić information content (AvgIpc) is 3.44. The zero-order chi connectivity index (χ0) is 23.1. The molecule has 0 saturated heterocycles. The summed E-state index contributed by atoms with van der Waals surface area (Å²) in [5.41, 5.74) is 0. The van der Waals surface area contributed by atoms with Crippen LogP contribution in [0.4, 0.5) is 5.95 Å². The number of rotatable bonds is 12. The molecule has 2 aromatic carbocycles. The summed E-state index contributed by atoms with van der Waals surface area (Å²) in [4.78, 5) is 17.3. The zero-order valence-electron chi connectivity index (χ0n) is 18.0. The summed E-state index contributed by atoms with van der Waals surface area (Å²) >= 11 is 1.36. The van der Waals surface area contributed by atoms with Gasteiger partial charge in [0.2, 0.25) is 26.8 Å². The quantitative estimate of drug-likeness (QED) is 0.265. The van der Waals surface area contributed by atoms with Crippen molar-refractivity contribution >= 4 is 49.1 Å². The number of benzene rings is 2. The highest BCUT2D eigenvalue weighted by Gasteiger charge is 2.18. The number of carbonyl (C=O) groups excluding carboxylic acids is 1. The molecule has 174 valence electrons. The third-order valence-corrected chi connectivity index (χ3v) is 7.41. The Labute approximate surface area is 196 Å². The van der Waals surface area contributed by atoms with Gasteiger partial charge in [-0.15, -0.1) is 0 Å². The van der Waals surface area contributed by atoms with Crippen molar-refractivity contribution in [3.8, 4) is 0 Å². The Bertz CT molecular complexity index is 1330. The molecule has 0 fully saturated rings. The van der Waals surface area contributed by atoms with Crippen molar-refractivity contribution < 1.29 is 13.2 Å². The summed E-state index contributed by atoms with van der Waals surface area (Å²) in [6.45, 7) is 1.05. The molecule has 0 aliphatic carbocycles. The highest BCUT2D eigenvalue weighted by atomic mass is 32.2. The first-order valence-corrected chi connectivity index (χ1v) is 13.1. The molecule has 11 heteroatoms. The van der Waals surface area contributed by atoms with E-state index < -0.39 is 10.0 Å². The van der Waals surface area contributed by atoms with Gasteiger partial charge in [-0.3, -0.25) is 9.20 Å². The van der Waals surface area contributed by atoms with Crippen LogP contribution in [-0.2, 0) is 14.8 Å². The van der Waals surface area contributed by atoms with Crippen molar-refractivity contribution in [3.05, 3.63) is 54.9 Å². The normalized spacial score (nSPS) is 11.8. The maximum absolute atomic E-state index is 12.7. The number of unbranched alkanes of at least 4 members (excludes halogenated alkanes) is 3. The molecule has 9 nitrogen and oxygen atoms in total. The molecule has 0 saturated carbocycles. The Balaban J connectivity index is 1.11. The second kappa shape index (κ2) is 10.7. The van der Waals surface area contributed by atoms with Crippen molar-refractivity contribution in [2.45, 2.75) is 30.6 Å². The minimum Gasteiger partial charge on any atom is -0.355 e. The van der Waals surface area contributed by atoms with Gasteiger partial charge in [0.15, 0.2) is 0 Å². The van der Waals surface area contributed by atoms with Crippen LogP contribution in [0.15, 0.2) is 59.8 Å². The lowest BCUT2D eigenvalue weighted by Gasteiger charge is -2.10. The Morgan fingerprint density at radius 1 is 1.00 bits per heavy atom. The molecule has 1 amide bonds. The Morgan fingerprint density at radius 2 is 1.79 bits per heavy atom. The van der Waals surface area contributed by atoms with Gasteiger partial charge < -0.3 is 10.6 Å². The molecule has 0 bridgehead atoms. The van der Waals surface area contributed by atoms with Gasteiger partial charge in [-0.2, -0.15) is 4.37 Å². The number of amides is 1. The molecule has 2 aromatic heterocycles. The molecular formula is C22H26N6O3S2. The van der Waals surface area contributed by atoms with Gasteiger partial charge in [-0.1, -0.05) is 49.2 Å². The minimum atomic E-state index is -3.78. The summed E-state index contributed by atoms with van der Waals surface area (Å²) in [6, 6.07) is 12.4. The summed E-state index contributed by atoms with van der Waals surface area (Å²) in [5.74, 6) is 0.471. The summed E-state index contributed by atoms with van der Waals surface area (Å²) in [6.07, 6.45) is 7.46. The monoisotopic (exact) mass is 486 g/mol. The molecule has 4 rings (SSSR count). The molecular weight excluding hydrogens is 460 g/mol. The maximum Gasteiger partial charge on any atom is 0.241 e. The predicted molar refractivity (Wildman–Crippen MR) is 130 cm³/mol. The lowest BCUT2D eigenvalue weighted by molar-refractivity contribution is -0.119. The Morgan fingerprint density at radius 3 is 2.67 bits per heavy atom. The van der Waals surface area contributed by atoms with E-state index in [4.69, 9.17) is 0 Å². The average molecular weight is 487 g/mol. The number of sulfonamides is 1. The van der Waals surface area contributed by atoms with E-state index in [1.165, 1.54) is 11.5 Å². The Kier molecular flexibility index (Phi) is 7.53. The zero-order valence-corrected chi connectivity index (χ0v) is 19.7. The van der Waals surface area contributed by atoms with E-state index >= 15 is 0 Å². The number of anilines is 1. The molecule has 0 aliphatic rings. The highest BCUT2D eigenvalue weighted by Crippen LogP contribution is 2.22. The van der Waals surface area contributed by atoms with Gasteiger partial charge in [0, 0.05) is 42.4 Å². The van der Waals surface area contributed by atoms with Crippen LogP contribution in [0.1, 0.15) is 25.7 Å². The number of aromatic nitrogens is 3. The fourth-order valence-corrected chi connectivity index (χ4v) is 5.40. The smallest absolute Gasteiger partial charge is 0.241 e. The topological polar surface area (TPSA) is 117 Å². The second-order valence-electron chi connectivity index (χ2n) is 7.58. The maximum atomic E-state index is 12.7. The molecule has 4 aromatic rings. The Hall–Kier alpha value is -3.02. The van der Waals surface area contributed by atoms with Gasteiger partial charge >= 0.3 is 0 Å². The van der Waals surface area contributed by atoms with Gasteiger partial charge in [0.05, 0.1) is 11.4 Å². The fourth-order valence-electron chi connectivity index (χ4n) is 3.53. The van der Waals surface area contributed by atoms with Crippen LogP contribution >= 0.6 is 11.5 Å². The summed E-state index contributed by atoms with van der Waals surface area (Å²) < 4.78 is 34.0. The summed E-state index contributed by atoms with van der Waals surface area (Å²) in [5, 5.41) is 7.55. The van der Waals surface area contributed by atoms with Crippen LogP contribution in [0.3, 0.4) is 0 Å². The SMILES string of the molecule is O=C(CNS(=O)(=O)c1cccc2ccccc12)NCCCCCCNc1nsc2nccn12. The largest absolute Gasteiger partial charge is 0.355 e. The number of carbonyl (C=O) groups is 1. The van der Waals surface area contributed by atoms with Crippen LogP contribution in [0.5, 0.6) is 0 Å². The predicted octanol–water partition coefficient (Wildman–Crippen LogP) is 3.01. The van der Waals surface area contributed by atoms with E-state index in [0.717, 1.165) is 48.5 Å². The molecule has 0 unspecified atom stereocenters. The van der Waals surface area contributed by atoms with Crippen molar-refractivity contribution in [1.82, 2.24) is 23.8 Å². The third kappa shape index (κ3) is 5.86. The van der Waals surface area contributed by atoms with Crippen LogP contribution < -0.4 is 15.4 Å². The van der Waals surface area contributed by atoms with Crippen molar-refractivity contribution in [3.63, 3.8) is 0 Å². The number of hydrogen-bond donors (Lipinski definition) is 3. The minimum absolute atomic E-state index is 0.174. The van der Waals surface area contributed by atoms with Crippen LogP contribution in [-0.4, -0.2) is 47.7 Å². The van der Waals surface area contributed by atoms with E-state index in [1.54, 1.807) is 30.5 Å². The standard InChI is InChI=1S/C22H26N6O3S2/c29-20(16-26-33(30,31)19-11-7-9-17-8-3-4-10-18(17)19)23-12-5-1-2-6-13-24-21-27-32-22-25-14-15-28(21)22/h3-4,7-11,14-15,26H,1-2,5-6,12-13,16H2,(H,23,29)(H,24,27). The fraction of sp³-hybridized carbons (Fsp3) is 0.318. The highest BCUT2D eigenvalue weighted by molar-refractivity contribution is 7.89. The molecule has 2 heterocycles. The van der Waals surface area contributed by atoms with Crippen LogP contribution in [0, 0.1) is 0 Å². The molecule has 3 N–H and O–H groups in total. The van der Waals surface area contributed by atoms with Gasteiger partial charge in [-0.25, -0.2) is 18.1 Å². The van der Waals surface area contributed by atoms with E-state index in [1.807, 2.05) is 28.8 Å². The number of nitrogens with zero attached hydrogens (tertiary/aromatic N) is 3. The molecule has 33 heavy (non-hydrogen) atoms. The van der Waals surface area contributed by atoms with Crippen molar-refractivity contribution in [2.75, 3.05) is 25.0 Å². The molecule has 0 radical (unpaired) electrons. The van der Waals surface area contributed by atoms with Gasteiger partial charge in [0.1, 0.15) is 0 Å². The van der Waals surface area contributed by atoms with Gasteiger partial charge in [-0.05, 0) is 24.3 Å². The molecule has 0 spiro atoms. The van der Waals surface area contributed by atoms with Crippen molar-refractivity contribution in [1.29, 1.82) is 0 Å². The van der Waals surface area contributed by atoms with E-state index in [2.05, 4.69) is 24.7 Å². The number of fused-ring (bicyclic) bond motifs is 2. The van der Waals surface area contributed by atoms with Crippen LogP contribution in [0.25, 0.3) is 15.7 Å². The summed E-state index contributed by atoms with van der Waals surface area (Å²) in [7, 11) is -3.78. The third-order valence-electron chi connectivity index (χ3n) is 5.22.